The van der Waals surface area contributed by atoms with Crippen molar-refractivity contribution in [3.63, 3.8) is 0 Å². The van der Waals surface area contributed by atoms with Gasteiger partial charge in [-0.3, -0.25) is 19.3 Å². The Kier molecular flexibility index (Phi) is 3.31. The van der Waals surface area contributed by atoms with Crippen molar-refractivity contribution in [2.75, 3.05) is 0 Å². The van der Waals surface area contributed by atoms with E-state index in [1.807, 2.05) is 0 Å². The number of carbonyl (C=O) groups is 3. The van der Waals surface area contributed by atoms with Crippen LogP contribution >= 0.6 is 11.6 Å². The number of imide groups is 1. The van der Waals surface area contributed by atoms with Gasteiger partial charge in [0.2, 0.25) is 0 Å². The molecule has 0 atom stereocenters. The number of rotatable bonds is 3. The lowest BCUT2D eigenvalue weighted by molar-refractivity contribution is 0.0642. The molecule has 104 valence electrons. The van der Waals surface area contributed by atoms with Gasteiger partial charge in [-0.15, -0.1) is 0 Å². The largest absolute Gasteiger partial charge is 0.298 e. The number of benzene rings is 2. The highest BCUT2D eigenvalue weighted by molar-refractivity contribution is 6.31. The maximum absolute atomic E-state index is 12.3. The van der Waals surface area contributed by atoms with E-state index in [9.17, 15) is 14.4 Å². The van der Waals surface area contributed by atoms with Crippen LogP contribution in [0, 0.1) is 0 Å². The van der Waals surface area contributed by atoms with E-state index in [1.165, 1.54) is 6.07 Å². The molecule has 5 heteroatoms. The number of carbonyl (C=O) groups excluding carboxylic acids is 3. The number of hydrogen-bond acceptors (Lipinski definition) is 3. The van der Waals surface area contributed by atoms with E-state index in [-0.39, 0.29) is 18.4 Å². The van der Waals surface area contributed by atoms with E-state index < -0.39 is 0 Å². The molecule has 0 radical (unpaired) electrons. The van der Waals surface area contributed by atoms with Gasteiger partial charge in [0.1, 0.15) is 6.29 Å². The summed E-state index contributed by atoms with van der Waals surface area (Å²) in [6, 6.07) is 11.5. The summed E-state index contributed by atoms with van der Waals surface area (Å²) in [6.45, 7) is 0.0876. The third-order valence-corrected chi connectivity index (χ3v) is 3.77. The van der Waals surface area contributed by atoms with E-state index in [4.69, 9.17) is 11.6 Å². The van der Waals surface area contributed by atoms with Crippen molar-refractivity contribution in [3.8, 4) is 0 Å². The fourth-order valence-corrected chi connectivity index (χ4v) is 2.57. The van der Waals surface area contributed by atoms with Crippen LogP contribution in [0.25, 0.3) is 0 Å². The molecule has 2 aromatic carbocycles. The molecule has 0 spiro atoms. The molecule has 1 aliphatic rings. The van der Waals surface area contributed by atoms with Gasteiger partial charge in [0, 0.05) is 10.6 Å². The van der Waals surface area contributed by atoms with Crippen LogP contribution < -0.4 is 0 Å². The van der Waals surface area contributed by atoms with Gasteiger partial charge in [-0.2, -0.15) is 0 Å². The molecule has 0 N–H and O–H groups in total. The van der Waals surface area contributed by atoms with Crippen LogP contribution in [0.4, 0.5) is 0 Å². The molecule has 0 saturated heterocycles. The van der Waals surface area contributed by atoms with Gasteiger partial charge < -0.3 is 0 Å². The molecule has 0 aliphatic carbocycles. The van der Waals surface area contributed by atoms with Crippen LogP contribution in [0.1, 0.15) is 36.6 Å². The first-order valence-electron chi connectivity index (χ1n) is 6.30. The molecule has 0 saturated carbocycles. The van der Waals surface area contributed by atoms with Crippen molar-refractivity contribution in [2.45, 2.75) is 6.54 Å². The minimum atomic E-state index is -0.328. The molecule has 21 heavy (non-hydrogen) atoms. The van der Waals surface area contributed by atoms with Gasteiger partial charge >= 0.3 is 0 Å². The van der Waals surface area contributed by atoms with Crippen LogP contribution in [0.3, 0.4) is 0 Å². The number of aldehydes is 1. The van der Waals surface area contributed by atoms with Gasteiger partial charge in [0.25, 0.3) is 11.8 Å². The van der Waals surface area contributed by atoms with Crippen LogP contribution in [-0.2, 0) is 6.54 Å². The van der Waals surface area contributed by atoms with E-state index >= 15 is 0 Å². The van der Waals surface area contributed by atoms with Gasteiger partial charge in [-0.05, 0) is 23.8 Å². The number of halogens is 1. The van der Waals surface area contributed by atoms with E-state index in [2.05, 4.69) is 0 Å². The minimum absolute atomic E-state index is 0.0876. The number of fused-ring (bicyclic) bond motifs is 1. The quantitative estimate of drug-likeness (QED) is 0.647. The van der Waals surface area contributed by atoms with Crippen LogP contribution in [0.2, 0.25) is 5.02 Å². The van der Waals surface area contributed by atoms with Crippen molar-refractivity contribution >= 4 is 29.7 Å². The summed E-state index contributed by atoms with van der Waals surface area (Å²) in [4.78, 5) is 36.4. The highest BCUT2D eigenvalue weighted by atomic mass is 35.5. The average Bonchev–Trinajstić information content (AvgIpc) is 2.74. The zero-order chi connectivity index (χ0) is 15.0. The van der Waals surface area contributed by atoms with E-state index in [1.54, 1.807) is 36.4 Å². The van der Waals surface area contributed by atoms with Gasteiger partial charge in [-0.25, -0.2) is 0 Å². The van der Waals surface area contributed by atoms with E-state index in [0.29, 0.717) is 33.6 Å². The summed E-state index contributed by atoms with van der Waals surface area (Å²) in [5.74, 6) is -0.655. The van der Waals surface area contributed by atoms with Crippen molar-refractivity contribution < 1.29 is 14.4 Å². The summed E-state index contributed by atoms with van der Waals surface area (Å²) in [7, 11) is 0. The molecule has 4 nitrogen and oxygen atoms in total. The summed E-state index contributed by atoms with van der Waals surface area (Å²) in [6.07, 6.45) is 0.692. The van der Waals surface area contributed by atoms with Crippen LogP contribution in [-0.4, -0.2) is 23.0 Å². The highest BCUT2D eigenvalue weighted by Crippen LogP contribution is 2.26. The summed E-state index contributed by atoms with van der Waals surface area (Å²) < 4.78 is 0. The Labute approximate surface area is 125 Å². The lowest BCUT2D eigenvalue weighted by Gasteiger charge is -2.15. The molecular formula is C16H10ClNO3. The zero-order valence-electron chi connectivity index (χ0n) is 10.9. The van der Waals surface area contributed by atoms with Crippen LogP contribution in [0.15, 0.2) is 42.5 Å². The second-order valence-corrected chi connectivity index (χ2v) is 5.12. The average molecular weight is 300 g/mol. The van der Waals surface area contributed by atoms with Crippen LogP contribution in [0.5, 0.6) is 0 Å². The van der Waals surface area contributed by atoms with Gasteiger partial charge in [0.15, 0.2) is 0 Å². The molecule has 1 heterocycles. The zero-order valence-corrected chi connectivity index (χ0v) is 11.6. The highest BCUT2D eigenvalue weighted by Gasteiger charge is 2.35. The summed E-state index contributed by atoms with van der Waals surface area (Å²) in [5.41, 5.74) is 1.88. The fraction of sp³-hybridized carbons (Fsp3) is 0.0625. The first-order valence-corrected chi connectivity index (χ1v) is 6.68. The fourth-order valence-electron chi connectivity index (χ4n) is 2.32. The molecular weight excluding hydrogens is 290 g/mol. The molecule has 0 bridgehead atoms. The van der Waals surface area contributed by atoms with E-state index in [0.717, 1.165) is 4.90 Å². The number of nitrogens with zero attached hydrogens (tertiary/aromatic N) is 1. The first-order chi connectivity index (χ1) is 10.1. The topological polar surface area (TPSA) is 54.5 Å². The van der Waals surface area contributed by atoms with Gasteiger partial charge in [0.05, 0.1) is 17.7 Å². The molecule has 0 unspecified atom stereocenters. The third kappa shape index (κ3) is 2.23. The molecule has 2 amide bonds. The predicted molar refractivity (Wildman–Crippen MR) is 77.5 cm³/mol. The number of amides is 2. The minimum Gasteiger partial charge on any atom is -0.298 e. The summed E-state index contributed by atoms with van der Waals surface area (Å²) >= 11 is 6.09. The normalized spacial score (nSPS) is 13.5. The Morgan fingerprint density at radius 2 is 1.62 bits per heavy atom. The van der Waals surface area contributed by atoms with Gasteiger partial charge in [-0.1, -0.05) is 35.9 Å². The smallest absolute Gasteiger partial charge is 0.261 e. The van der Waals surface area contributed by atoms with Crippen molar-refractivity contribution in [1.29, 1.82) is 0 Å². The molecule has 3 rings (SSSR count). The maximum atomic E-state index is 12.3. The Morgan fingerprint density at radius 3 is 2.14 bits per heavy atom. The molecule has 0 aromatic heterocycles. The Hall–Kier alpha value is -2.46. The summed E-state index contributed by atoms with van der Waals surface area (Å²) in [5, 5.41) is 0.358. The monoisotopic (exact) mass is 299 g/mol. The molecule has 0 fully saturated rings. The Bertz CT molecular complexity index is 735. The predicted octanol–water partition coefficient (Wildman–Crippen LogP) is 2.95. The first kappa shape index (κ1) is 13.5. The lowest BCUT2D eigenvalue weighted by atomic mass is 10.1. The SMILES string of the molecule is O=Cc1ccc(CN2C(=O)c3ccccc3C2=O)c(Cl)c1. The molecule has 2 aromatic rings. The Balaban J connectivity index is 1.92. The molecule has 1 aliphatic heterocycles. The second kappa shape index (κ2) is 5.14. The second-order valence-electron chi connectivity index (χ2n) is 4.71. The van der Waals surface area contributed by atoms with Crippen molar-refractivity contribution in [2.24, 2.45) is 0 Å². The number of hydrogen-bond donors (Lipinski definition) is 0. The maximum Gasteiger partial charge on any atom is 0.261 e. The Morgan fingerprint density at radius 1 is 1.00 bits per heavy atom. The van der Waals surface area contributed by atoms with Crippen molar-refractivity contribution in [3.05, 3.63) is 69.7 Å². The standard InChI is InChI=1S/C16H10ClNO3/c17-14-7-10(9-19)5-6-11(14)8-18-15(20)12-3-1-2-4-13(12)16(18)21/h1-7,9H,8H2. The van der Waals surface area contributed by atoms with Crippen molar-refractivity contribution in [1.82, 2.24) is 4.90 Å². The third-order valence-electron chi connectivity index (χ3n) is 3.42. The lowest BCUT2D eigenvalue weighted by Crippen LogP contribution is -2.29.